The number of halogens is 2. The highest BCUT2D eigenvalue weighted by Gasteiger charge is 2.33. The second-order valence-corrected chi connectivity index (χ2v) is 4.93. The van der Waals surface area contributed by atoms with Crippen molar-refractivity contribution in [2.75, 3.05) is 6.54 Å². The summed E-state index contributed by atoms with van der Waals surface area (Å²) in [5.74, 6) is -0.351. The first-order valence-corrected chi connectivity index (χ1v) is 6.54. The second-order valence-electron chi connectivity index (χ2n) is 4.53. The SMILES string of the molecule is CCC(CC)(CN)C(=O)Cc1cc(F)ccc1Cl. The number of Topliss-reactive ketones (excluding diaryl/α,β-unsaturated/α-hetero) is 1. The summed E-state index contributed by atoms with van der Waals surface area (Å²) in [6, 6.07) is 4.07. The highest BCUT2D eigenvalue weighted by Crippen LogP contribution is 2.29. The molecule has 100 valence electrons. The molecule has 0 spiro atoms. The van der Waals surface area contributed by atoms with Gasteiger partial charge in [-0.3, -0.25) is 4.79 Å². The molecular weight excluding hydrogens is 253 g/mol. The predicted octanol–water partition coefficient (Wildman–Crippen LogP) is 3.36. The van der Waals surface area contributed by atoms with Gasteiger partial charge in [-0.15, -0.1) is 0 Å². The molecule has 1 aromatic rings. The molecule has 0 aliphatic heterocycles. The summed E-state index contributed by atoms with van der Waals surface area (Å²) in [4.78, 5) is 12.3. The van der Waals surface area contributed by atoms with Gasteiger partial charge >= 0.3 is 0 Å². The lowest BCUT2D eigenvalue weighted by molar-refractivity contribution is -0.128. The maximum absolute atomic E-state index is 13.1. The molecule has 1 aromatic carbocycles. The number of rotatable bonds is 6. The van der Waals surface area contributed by atoms with Crippen molar-refractivity contribution in [3.8, 4) is 0 Å². The van der Waals surface area contributed by atoms with Crippen molar-refractivity contribution in [3.05, 3.63) is 34.6 Å². The van der Waals surface area contributed by atoms with Gasteiger partial charge in [0.15, 0.2) is 0 Å². The molecule has 2 N–H and O–H groups in total. The van der Waals surface area contributed by atoms with Crippen molar-refractivity contribution in [3.63, 3.8) is 0 Å². The molecule has 0 unspecified atom stereocenters. The minimum absolute atomic E-state index is 0.0301. The van der Waals surface area contributed by atoms with E-state index >= 15 is 0 Å². The van der Waals surface area contributed by atoms with Crippen LogP contribution in [0.5, 0.6) is 0 Å². The molecule has 18 heavy (non-hydrogen) atoms. The predicted molar refractivity (Wildman–Crippen MR) is 72.2 cm³/mol. The Balaban J connectivity index is 2.96. The van der Waals surface area contributed by atoms with Crippen LogP contribution in [0.1, 0.15) is 32.3 Å². The highest BCUT2D eigenvalue weighted by atomic mass is 35.5. The van der Waals surface area contributed by atoms with Crippen LogP contribution in [-0.2, 0) is 11.2 Å². The Morgan fingerprint density at radius 3 is 2.50 bits per heavy atom. The zero-order chi connectivity index (χ0) is 13.8. The average molecular weight is 272 g/mol. The van der Waals surface area contributed by atoms with Crippen molar-refractivity contribution in [2.24, 2.45) is 11.1 Å². The molecule has 0 aromatic heterocycles. The molecule has 0 bridgehead atoms. The molecule has 0 fully saturated rings. The molecule has 0 atom stereocenters. The molecule has 0 amide bonds. The summed E-state index contributed by atoms with van der Waals surface area (Å²) in [6.45, 7) is 4.20. The van der Waals surface area contributed by atoms with Crippen molar-refractivity contribution in [1.82, 2.24) is 0 Å². The van der Waals surface area contributed by atoms with E-state index in [2.05, 4.69) is 0 Å². The van der Waals surface area contributed by atoms with Crippen LogP contribution in [0.15, 0.2) is 18.2 Å². The third-order valence-corrected chi connectivity index (χ3v) is 4.06. The number of ketones is 1. The fourth-order valence-corrected chi connectivity index (χ4v) is 2.27. The van der Waals surface area contributed by atoms with Crippen molar-refractivity contribution in [1.29, 1.82) is 0 Å². The number of benzene rings is 1. The van der Waals surface area contributed by atoms with Gasteiger partial charge in [0.25, 0.3) is 0 Å². The van der Waals surface area contributed by atoms with E-state index < -0.39 is 5.41 Å². The Kier molecular flexibility index (Phi) is 5.29. The number of hydrogen-bond acceptors (Lipinski definition) is 2. The lowest BCUT2D eigenvalue weighted by Gasteiger charge is -2.28. The highest BCUT2D eigenvalue weighted by molar-refractivity contribution is 6.31. The fraction of sp³-hybridized carbons (Fsp3) is 0.500. The fourth-order valence-electron chi connectivity index (χ4n) is 2.09. The van der Waals surface area contributed by atoms with Crippen LogP contribution in [0.3, 0.4) is 0 Å². The Bertz CT molecular complexity index is 422. The van der Waals surface area contributed by atoms with E-state index in [1.165, 1.54) is 18.2 Å². The monoisotopic (exact) mass is 271 g/mol. The van der Waals surface area contributed by atoms with Crippen molar-refractivity contribution < 1.29 is 9.18 Å². The molecule has 0 aliphatic rings. The topological polar surface area (TPSA) is 43.1 Å². The Morgan fingerprint density at radius 1 is 1.39 bits per heavy atom. The summed E-state index contributed by atoms with van der Waals surface area (Å²) in [7, 11) is 0. The minimum atomic E-state index is -0.518. The molecule has 0 saturated heterocycles. The van der Waals surface area contributed by atoms with Gasteiger partial charge in [-0.1, -0.05) is 25.4 Å². The Hall–Kier alpha value is -0.930. The van der Waals surface area contributed by atoms with Crippen molar-refractivity contribution in [2.45, 2.75) is 33.1 Å². The molecule has 0 aliphatic carbocycles. The van der Waals surface area contributed by atoms with E-state index in [1.54, 1.807) is 0 Å². The number of carbonyl (C=O) groups is 1. The Labute approximate surface area is 112 Å². The smallest absolute Gasteiger partial charge is 0.144 e. The normalized spacial score (nSPS) is 11.6. The summed E-state index contributed by atoms with van der Waals surface area (Å²) < 4.78 is 13.1. The van der Waals surface area contributed by atoms with Crippen LogP contribution in [0.2, 0.25) is 5.02 Å². The molecule has 2 nitrogen and oxygen atoms in total. The first-order chi connectivity index (χ1) is 8.49. The molecule has 0 radical (unpaired) electrons. The molecule has 1 rings (SSSR count). The zero-order valence-corrected chi connectivity index (χ0v) is 11.6. The lowest BCUT2D eigenvalue weighted by Crippen LogP contribution is -2.38. The van der Waals surface area contributed by atoms with Gasteiger partial charge in [0.2, 0.25) is 0 Å². The van der Waals surface area contributed by atoms with E-state index in [0.717, 1.165) is 0 Å². The minimum Gasteiger partial charge on any atom is -0.329 e. The van der Waals surface area contributed by atoms with E-state index in [9.17, 15) is 9.18 Å². The van der Waals surface area contributed by atoms with Gasteiger partial charge in [0.05, 0.1) is 0 Å². The van der Waals surface area contributed by atoms with E-state index in [0.29, 0.717) is 30.0 Å². The van der Waals surface area contributed by atoms with Gasteiger partial charge in [-0.2, -0.15) is 0 Å². The third kappa shape index (κ3) is 3.09. The second kappa shape index (κ2) is 6.30. The number of hydrogen-bond donors (Lipinski definition) is 1. The van der Waals surface area contributed by atoms with E-state index in [4.69, 9.17) is 17.3 Å². The number of nitrogens with two attached hydrogens (primary N) is 1. The van der Waals surface area contributed by atoms with Gasteiger partial charge in [-0.25, -0.2) is 4.39 Å². The van der Waals surface area contributed by atoms with Gasteiger partial charge < -0.3 is 5.73 Å². The molecule has 0 saturated carbocycles. The Morgan fingerprint density at radius 2 is 2.00 bits per heavy atom. The van der Waals surface area contributed by atoms with Crippen LogP contribution in [-0.4, -0.2) is 12.3 Å². The van der Waals surface area contributed by atoms with Crippen molar-refractivity contribution >= 4 is 17.4 Å². The maximum atomic E-state index is 13.1. The first-order valence-electron chi connectivity index (χ1n) is 6.16. The van der Waals surface area contributed by atoms with Crippen LogP contribution < -0.4 is 5.73 Å². The standard InChI is InChI=1S/C14H19ClFNO/c1-3-14(4-2,9-17)13(18)8-10-7-11(16)5-6-12(10)15/h5-7H,3-4,8-9,17H2,1-2H3. The van der Waals surface area contributed by atoms with Gasteiger partial charge in [0, 0.05) is 23.4 Å². The van der Waals surface area contributed by atoms with Crippen LogP contribution in [0.4, 0.5) is 4.39 Å². The van der Waals surface area contributed by atoms with E-state index in [-0.39, 0.29) is 18.0 Å². The zero-order valence-electron chi connectivity index (χ0n) is 10.8. The van der Waals surface area contributed by atoms with Crippen LogP contribution in [0, 0.1) is 11.2 Å². The summed E-state index contributed by atoms with van der Waals surface area (Å²) in [6.07, 6.45) is 1.51. The van der Waals surface area contributed by atoms with Crippen LogP contribution >= 0.6 is 11.6 Å². The van der Waals surface area contributed by atoms with E-state index in [1.807, 2.05) is 13.8 Å². The van der Waals surface area contributed by atoms with Crippen LogP contribution in [0.25, 0.3) is 0 Å². The largest absolute Gasteiger partial charge is 0.329 e. The quantitative estimate of drug-likeness (QED) is 0.862. The van der Waals surface area contributed by atoms with Gasteiger partial charge in [-0.05, 0) is 36.6 Å². The number of carbonyl (C=O) groups excluding carboxylic acids is 1. The molecule has 4 heteroatoms. The third-order valence-electron chi connectivity index (χ3n) is 3.69. The first kappa shape index (κ1) is 15.1. The average Bonchev–Trinajstić information content (AvgIpc) is 2.37. The summed E-state index contributed by atoms with van der Waals surface area (Å²) >= 11 is 5.97. The van der Waals surface area contributed by atoms with Gasteiger partial charge in [0.1, 0.15) is 11.6 Å². The molecule has 0 heterocycles. The summed E-state index contributed by atoms with van der Waals surface area (Å²) in [5.41, 5.74) is 5.73. The lowest BCUT2D eigenvalue weighted by atomic mass is 9.76. The molecular formula is C14H19ClFNO. The summed E-state index contributed by atoms with van der Waals surface area (Å²) in [5, 5.41) is 0.419. The maximum Gasteiger partial charge on any atom is 0.144 e.